The molecule has 1 N–H and O–H groups in total. The minimum Gasteiger partial charge on any atom is -0.383 e. The third kappa shape index (κ3) is 5.20. The first-order valence-electron chi connectivity index (χ1n) is 6.26. The second kappa shape index (κ2) is 6.57. The van der Waals surface area contributed by atoms with Gasteiger partial charge in [-0.15, -0.1) is 0 Å². The van der Waals surface area contributed by atoms with Gasteiger partial charge in [-0.1, -0.05) is 46.8 Å². The van der Waals surface area contributed by atoms with Gasteiger partial charge < -0.3 is 5.32 Å². The highest BCUT2D eigenvalue weighted by Crippen LogP contribution is 2.23. The van der Waals surface area contributed by atoms with Gasteiger partial charge in [-0.2, -0.15) is 0 Å². The first-order chi connectivity index (χ1) is 7.39. The van der Waals surface area contributed by atoms with E-state index in [9.17, 15) is 0 Å². The van der Waals surface area contributed by atoms with E-state index in [1.165, 1.54) is 11.3 Å². The van der Waals surface area contributed by atoms with Crippen molar-refractivity contribution in [3.63, 3.8) is 0 Å². The lowest BCUT2D eigenvalue weighted by molar-refractivity contribution is 0.590. The van der Waals surface area contributed by atoms with E-state index in [2.05, 4.69) is 64.2 Å². The molecule has 0 saturated carbocycles. The average Bonchev–Trinajstić information content (AvgIpc) is 2.19. The summed E-state index contributed by atoms with van der Waals surface area (Å²) in [5, 5.41) is 3.38. The zero-order chi connectivity index (χ0) is 12.8. The molecule has 0 bridgehead atoms. The summed E-state index contributed by atoms with van der Waals surface area (Å²) in [5.41, 5.74) is 2.83. The Morgan fingerprint density at radius 3 is 1.69 bits per heavy atom. The fourth-order valence-electron chi connectivity index (χ4n) is 1.40. The molecule has 1 aromatic rings. The van der Waals surface area contributed by atoms with Gasteiger partial charge in [0.2, 0.25) is 0 Å². The predicted octanol–water partition coefficient (Wildman–Crippen LogP) is 4.83. The lowest BCUT2D eigenvalue weighted by atomic mass is 9.87. The van der Waals surface area contributed by atoms with Gasteiger partial charge in [0.05, 0.1) is 0 Å². The van der Waals surface area contributed by atoms with Gasteiger partial charge in [0.25, 0.3) is 0 Å². The minimum absolute atomic E-state index is 0.246. The fraction of sp³-hybridized carbons (Fsp3) is 0.600. The zero-order valence-corrected chi connectivity index (χ0v) is 11.9. The monoisotopic (exact) mass is 221 g/mol. The largest absolute Gasteiger partial charge is 0.383 e. The van der Waals surface area contributed by atoms with Crippen molar-refractivity contribution in [2.75, 3.05) is 5.32 Å². The van der Waals surface area contributed by atoms with Crippen LogP contribution in [0.2, 0.25) is 0 Å². The average molecular weight is 221 g/mol. The molecule has 0 radical (unpaired) electrons. The van der Waals surface area contributed by atoms with E-state index in [1.54, 1.807) is 0 Å². The van der Waals surface area contributed by atoms with Crippen molar-refractivity contribution in [3.05, 3.63) is 29.8 Å². The Hall–Kier alpha value is -0.980. The number of anilines is 1. The molecule has 0 fully saturated rings. The maximum Gasteiger partial charge on any atom is 0.0342 e. The number of benzene rings is 1. The van der Waals surface area contributed by atoms with Crippen LogP contribution < -0.4 is 5.32 Å². The number of nitrogens with one attached hydrogen (secondary N) is 1. The van der Waals surface area contributed by atoms with Crippen LogP contribution in [0.25, 0.3) is 0 Å². The first-order valence-corrected chi connectivity index (χ1v) is 6.26. The van der Waals surface area contributed by atoms with E-state index in [4.69, 9.17) is 0 Å². The molecule has 1 heteroatoms. The SMILES string of the molecule is CC.CC(C)Nc1ccc(C(C)(C)C)cc1. The van der Waals surface area contributed by atoms with Crippen molar-refractivity contribution in [1.82, 2.24) is 0 Å². The smallest absolute Gasteiger partial charge is 0.0342 e. The van der Waals surface area contributed by atoms with Crippen molar-refractivity contribution in [2.24, 2.45) is 0 Å². The van der Waals surface area contributed by atoms with Crippen molar-refractivity contribution < 1.29 is 0 Å². The van der Waals surface area contributed by atoms with Crippen LogP contribution in [-0.2, 0) is 5.41 Å². The van der Waals surface area contributed by atoms with Crippen LogP contribution >= 0.6 is 0 Å². The third-order valence-corrected chi connectivity index (χ3v) is 2.21. The van der Waals surface area contributed by atoms with Crippen LogP contribution in [0.4, 0.5) is 5.69 Å². The highest BCUT2D eigenvalue weighted by atomic mass is 14.9. The first kappa shape index (κ1) is 15.0. The molecule has 0 aromatic heterocycles. The highest BCUT2D eigenvalue weighted by molar-refractivity contribution is 5.46. The molecular weight excluding hydrogens is 194 g/mol. The molecular formula is C15H27N. The Morgan fingerprint density at radius 1 is 0.938 bits per heavy atom. The van der Waals surface area contributed by atoms with Crippen LogP contribution in [-0.4, -0.2) is 6.04 Å². The van der Waals surface area contributed by atoms with Gasteiger partial charge in [-0.25, -0.2) is 0 Å². The molecule has 16 heavy (non-hydrogen) atoms. The molecule has 0 aliphatic rings. The molecule has 1 aromatic carbocycles. The standard InChI is InChI=1S/C13H21N.C2H6/c1-10(2)14-12-8-6-11(7-9-12)13(3,4)5;1-2/h6-10,14H,1-5H3;1-2H3. The molecule has 0 saturated heterocycles. The minimum atomic E-state index is 0.246. The van der Waals surface area contributed by atoms with Gasteiger partial charge in [0, 0.05) is 11.7 Å². The molecule has 0 amide bonds. The normalized spacial score (nSPS) is 10.8. The molecule has 0 spiro atoms. The molecule has 0 aliphatic heterocycles. The summed E-state index contributed by atoms with van der Waals surface area (Å²) in [6.07, 6.45) is 0. The zero-order valence-electron chi connectivity index (χ0n) is 11.9. The Balaban J connectivity index is 0.00000106. The quantitative estimate of drug-likeness (QED) is 0.754. The third-order valence-electron chi connectivity index (χ3n) is 2.21. The molecule has 1 nitrogen and oxygen atoms in total. The molecule has 0 aliphatic carbocycles. The van der Waals surface area contributed by atoms with Crippen molar-refractivity contribution in [2.45, 2.75) is 59.9 Å². The van der Waals surface area contributed by atoms with Crippen molar-refractivity contribution in [3.8, 4) is 0 Å². The fourth-order valence-corrected chi connectivity index (χ4v) is 1.40. The maximum atomic E-state index is 3.38. The van der Waals surface area contributed by atoms with Crippen LogP contribution in [0.3, 0.4) is 0 Å². The van der Waals surface area contributed by atoms with E-state index in [0.29, 0.717) is 6.04 Å². The lowest BCUT2D eigenvalue weighted by Gasteiger charge is -2.19. The van der Waals surface area contributed by atoms with Crippen LogP contribution in [0.15, 0.2) is 24.3 Å². The molecule has 0 unspecified atom stereocenters. The van der Waals surface area contributed by atoms with Crippen LogP contribution in [0.1, 0.15) is 54.0 Å². The number of hydrogen-bond acceptors (Lipinski definition) is 1. The van der Waals surface area contributed by atoms with E-state index in [1.807, 2.05) is 13.8 Å². The van der Waals surface area contributed by atoms with Gasteiger partial charge in [-0.05, 0) is 37.0 Å². The Labute approximate surface area is 101 Å². The number of rotatable bonds is 2. The van der Waals surface area contributed by atoms with Crippen molar-refractivity contribution in [1.29, 1.82) is 0 Å². The lowest BCUT2D eigenvalue weighted by Crippen LogP contribution is -2.12. The topological polar surface area (TPSA) is 12.0 Å². The van der Waals surface area contributed by atoms with Gasteiger partial charge in [0.1, 0.15) is 0 Å². The van der Waals surface area contributed by atoms with E-state index in [-0.39, 0.29) is 5.41 Å². The Bertz CT molecular complexity index is 277. The summed E-state index contributed by atoms with van der Waals surface area (Å²) < 4.78 is 0. The highest BCUT2D eigenvalue weighted by Gasteiger charge is 2.12. The van der Waals surface area contributed by atoms with E-state index < -0.39 is 0 Å². The van der Waals surface area contributed by atoms with Gasteiger partial charge >= 0.3 is 0 Å². The Kier molecular flexibility index (Phi) is 6.17. The molecule has 0 atom stereocenters. The molecule has 1 rings (SSSR count). The van der Waals surface area contributed by atoms with Gasteiger partial charge in [-0.3, -0.25) is 0 Å². The second-order valence-corrected chi connectivity index (χ2v) is 5.13. The molecule has 0 heterocycles. The van der Waals surface area contributed by atoms with Gasteiger partial charge in [0.15, 0.2) is 0 Å². The summed E-state index contributed by atoms with van der Waals surface area (Å²) in [7, 11) is 0. The summed E-state index contributed by atoms with van der Waals surface area (Å²) in [4.78, 5) is 0. The summed E-state index contributed by atoms with van der Waals surface area (Å²) in [6, 6.07) is 9.20. The van der Waals surface area contributed by atoms with Crippen LogP contribution in [0.5, 0.6) is 0 Å². The number of hydrogen-bond donors (Lipinski definition) is 1. The van der Waals surface area contributed by atoms with Crippen molar-refractivity contribution >= 4 is 5.69 Å². The maximum absolute atomic E-state index is 3.38. The van der Waals surface area contributed by atoms with E-state index in [0.717, 1.165) is 0 Å². The summed E-state index contributed by atoms with van der Waals surface area (Å²) in [5.74, 6) is 0. The Morgan fingerprint density at radius 2 is 1.38 bits per heavy atom. The van der Waals surface area contributed by atoms with E-state index >= 15 is 0 Å². The molecule has 92 valence electrons. The van der Waals surface area contributed by atoms with Crippen LogP contribution in [0, 0.1) is 0 Å². The predicted molar refractivity (Wildman–Crippen MR) is 75.2 cm³/mol. The second-order valence-electron chi connectivity index (χ2n) is 5.13. The summed E-state index contributed by atoms with van der Waals surface area (Å²) >= 11 is 0. The summed E-state index contributed by atoms with van der Waals surface area (Å²) in [6.45, 7) is 15.0.